The monoisotopic (exact) mass is 274 g/mol. The fraction of sp³-hybridized carbons (Fsp3) is 0.312. The molecule has 0 bridgehead atoms. The lowest BCUT2D eigenvalue weighted by molar-refractivity contribution is -0.144. The number of hydrogen-bond acceptors (Lipinski definition) is 3. The first-order chi connectivity index (χ1) is 9.20. The molecule has 0 amide bonds. The van der Waals surface area contributed by atoms with Crippen molar-refractivity contribution in [3.8, 4) is 0 Å². The third-order valence-corrected chi connectivity index (χ3v) is 4.00. The molecule has 0 aliphatic carbocycles. The molecule has 1 atom stereocenters. The minimum atomic E-state index is -0.192. The molecule has 0 saturated heterocycles. The minimum Gasteiger partial charge on any atom is -0.465 e. The van der Waals surface area contributed by atoms with Crippen molar-refractivity contribution in [3.05, 3.63) is 57.8 Å². The highest BCUT2D eigenvalue weighted by Crippen LogP contribution is 2.26. The predicted molar refractivity (Wildman–Crippen MR) is 78.6 cm³/mol. The lowest BCUT2D eigenvalue weighted by atomic mass is 9.97. The van der Waals surface area contributed by atoms with E-state index in [2.05, 4.69) is 31.2 Å². The third kappa shape index (κ3) is 3.67. The molecule has 0 saturated carbocycles. The highest BCUT2D eigenvalue weighted by atomic mass is 32.1. The summed E-state index contributed by atoms with van der Waals surface area (Å²) in [4.78, 5) is 13.2. The molecule has 19 heavy (non-hydrogen) atoms. The first-order valence-electron chi connectivity index (χ1n) is 6.46. The van der Waals surface area contributed by atoms with Crippen molar-refractivity contribution in [1.29, 1.82) is 0 Å². The topological polar surface area (TPSA) is 26.3 Å². The van der Waals surface area contributed by atoms with Gasteiger partial charge in [0.25, 0.3) is 0 Å². The van der Waals surface area contributed by atoms with Gasteiger partial charge in [-0.05, 0) is 37.3 Å². The lowest BCUT2D eigenvalue weighted by Crippen LogP contribution is -2.17. The van der Waals surface area contributed by atoms with Crippen LogP contribution in [0.4, 0.5) is 0 Å². The highest BCUT2D eigenvalue weighted by Gasteiger charge is 2.23. The van der Waals surface area contributed by atoms with Gasteiger partial charge < -0.3 is 4.74 Å². The highest BCUT2D eigenvalue weighted by molar-refractivity contribution is 7.10. The fourth-order valence-corrected chi connectivity index (χ4v) is 2.81. The van der Waals surface area contributed by atoms with Crippen LogP contribution in [-0.2, 0) is 16.0 Å². The maximum atomic E-state index is 12.1. The van der Waals surface area contributed by atoms with Crippen LogP contribution in [0.3, 0.4) is 0 Å². The lowest BCUT2D eigenvalue weighted by Gasteiger charge is -2.14. The summed E-state index contributed by atoms with van der Waals surface area (Å²) >= 11 is 1.61. The second-order valence-corrected chi connectivity index (χ2v) is 5.49. The molecule has 2 nitrogen and oxygen atoms in total. The summed E-state index contributed by atoms with van der Waals surface area (Å²) in [5.41, 5.74) is 2.39. The van der Waals surface area contributed by atoms with E-state index in [4.69, 9.17) is 4.74 Å². The maximum Gasteiger partial charge on any atom is 0.314 e. The van der Waals surface area contributed by atoms with E-state index >= 15 is 0 Å². The van der Waals surface area contributed by atoms with E-state index in [1.54, 1.807) is 11.3 Å². The van der Waals surface area contributed by atoms with Crippen molar-refractivity contribution < 1.29 is 9.53 Å². The largest absolute Gasteiger partial charge is 0.465 e. The van der Waals surface area contributed by atoms with Gasteiger partial charge in [-0.15, -0.1) is 11.3 Å². The summed E-state index contributed by atoms with van der Waals surface area (Å²) in [5.74, 6) is -0.326. The van der Waals surface area contributed by atoms with Crippen molar-refractivity contribution in [3.63, 3.8) is 0 Å². The van der Waals surface area contributed by atoms with Gasteiger partial charge in [0.1, 0.15) is 0 Å². The average Bonchev–Trinajstić information content (AvgIpc) is 2.92. The number of carbonyl (C=O) groups excluding carboxylic acids is 1. The Labute approximate surface area is 118 Å². The Morgan fingerprint density at radius 1 is 1.26 bits per heavy atom. The number of carbonyl (C=O) groups is 1. The standard InChI is InChI=1S/C16H18O2S/c1-3-18-16(17)14(15-5-4-10-19-15)11-13-8-6-12(2)7-9-13/h4-10,14H,3,11H2,1-2H3. The van der Waals surface area contributed by atoms with Gasteiger partial charge in [0, 0.05) is 4.88 Å². The Kier molecular flexibility index (Phi) is 4.74. The van der Waals surface area contributed by atoms with Gasteiger partial charge in [0.05, 0.1) is 12.5 Å². The van der Waals surface area contributed by atoms with Crippen molar-refractivity contribution in [2.75, 3.05) is 6.61 Å². The van der Waals surface area contributed by atoms with Gasteiger partial charge in [0.15, 0.2) is 0 Å². The summed E-state index contributed by atoms with van der Waals surface area (Å²) in [6, 6.07) is 12.3. The summed E-state index contributed by atoms with van der Waals surface area (Å²) in [6.07, 6.45) is 0.694. The van der Waals surface area contributed by atoms with E-state index in [-0.39, 0.29) is 11.9 Å². The third-order valence-electron chi connectivity index (χ3n) is 3.02. The van der Waals surface area contributed by atoms with Gasteiger partial charge in [-0.1, -0.05) is 35.9 Å². The second kappa shape index (κ2) is 6.53. The van der Waals surface area contributed by atoms with Crippen LogP contribution in [0.1, 0.15) is 28.8 Å². The Bertz CT molecular complexity index is 514. The van der Waals surface area contributed by atoms with E-state index in [9.17, 15) is 4.79 Å². The molecule has 1 heterocycles. The van der Waals surface area contributed by atoms with Crippen molar-refractivity contribution in [1.82, 2.24) is 0 Å². The number of rotatable bonds is 5. The summed E-state index contributed by atoms with van der Waals surface area (Å²) < 4.78 is 5.19. The zero-order valence-electron chi connectivity index (χ0n) is 11.3. The molecule has 0 fully saturated rings. The number of esters is 1. The van der Waals surface area contributed by atoms with E-state index in [0.29, 0.717) is 13.0 Å². The quantitative estimate of drug-likeness (QED) is 0.772. The molecule has 2 rings (SSSR count). The number of benzene rings is 1. The molecule has 0 aliphatic heterocycles. The summed E-state index contributed by atoms with van der Waals surface area (Å²) in [5, 5.41) is 2.00. The average molecular weight is 274 g/mol. The van der Waals surface area contributed by atoms with Crippen molar-refractivity contribution >= 4 is 17.3 Å². The molecule has 0 aliphatic rings. The molecular weight excluding hydrogens is 256 g/mol. The smallest absolute Gasteiger partial charge is 0.314 e. The summed E-state index contributed by atoms with van der Waals surface area (Å²) in [6.45, 7) is 4.33. The van der Waals surface area contributed by atoms with Crippen molar-refractivity contribution in [2.45, 2.75) is 26.2 Å². The van der Waals surface area contributed by atoms with Crippen LogP contribution < -0.4 is 0 Å². The zero-order valence-corrected chi connectivity index (χ0v) is 12.1. The second-order valence-electron chi connectivity index (χ2n) is 4.51. The van der Waals surface area contributed by atoms with Crippen LogP contribution >= 0.6 is 11.3 Å². The number of thiophene rings is 1. The molecule has 1 aromatic heterocycles. The maximum absolute atomic E-state index is 12.1. The molecule has 0 N–H and O–H groups in total. The van der Waals surface area contributed by atoms with Gasteiger partial charge in [-0.2, -0.15) is 0 Å². The summed E-state index contributed by atoms with van der Waals surface area (Å²) in [7, 11) is 0. The Morgan fingerprint density at radius 3 is 2.58 bits per heavy atom. The predicted octanol–water partition coefficient (Wildman–Crippen LogP) is 3.95. The number of aryl methyl sites for hydroxylation is 1. The van der Waals surface area contributed by atoms with Gasteiger partial charge in [0.2, 0.25) is 0 Å². The minimum absolute atomic E-state index is 0.134. The first-order valence-corrected chi connectivity index (χ1v) is 7.34. The van der Waals surface area contributed by atoms with Crippen LogP contribution in [0.2, 0.25) is 0 Å². The fourth-order valence-electron chi connectivity index (χ4n) is 1.99. The van der Waals surface area contributed by atoms with Crippen LogP contribution in [0.25, 0.3) is 0 Å². The molecule has 0 spiro atoms. The normalized spacial score (nSPS) is 12.1. The molecule has 100 valence electrons. The number of hydrogen-bond donors (Lipinski definition) is 0. The van der Waals surface area contributed by atoms with E-state index in [0.717, 1.165) is 10.4 Å². The van der Waals surface area contributed by atoms with Gasteiger partial charge in [-0.25, -0.2) is 0 Å². The van der Waals surface area contributed by atoms with Crippen LogP contribution in [0, 0.1) is 6.92 Å². The molecular formula is C16H18O2S. The molecule has 1 aromatic carbocycles. The Morgan fingerprint density at radius 2 is 2.00 bits per heavy atom. The number of ether oxygens (including phenoxy) is 1. The van der Waals surface area contributed by atoms with E-state index < -0.39 is 0 Å². The zero-order chi connectivity index (χ0) is 13.7. The molecule has 2 aromatic rings. The Balaban J connectivity index is 2.18. The molecule has 3 heteroatoms. The Hall–Kier alpha value is -1.61. The van der Waals surface area contributed by atoms with Crippen molar-refractivity contribution in [2.24, 2.45) is 0 Å². The van der Waals surface area contributed by atoms with Gasteiger partial charge >= 0.3 is 5.97 Å². The van der Waals surface area contributed by atoms with E-state index in [1.165, 1.54) is 5.56 Å². The van der Waals surface area contributed by atoms with Gasteiger partial charge in [-0.3, -0.25) is 4.79 Å². The van der Waals surface area contributed by atoms with Crippen LogP contribution in [0.5, 0.6) is 0 Å². The van der Waals surface area contributed by atoms with E-state index in [1.807, 2.05) is 24.4 Å². The SMILES string of the molecule is CCOC(=O)C(Cc1ccc(C)cc1)c1cccs1. The molecule has 1 unspecified atom stereocenters. The van der Waals surface area contributed by atoms with Crippen LogP contribution in [0.15, 0.2) is 41.8 Å². The molecule has 0 radical (unpaired) electrons. The van der Waals surface area contributed by atoms with Crippen LogP contribution in [-0.4, -0.2) is 12.6 Å². The first kappa shape index (κ1) is 13.8.